The Kier molecular flexibility index (Phi) is 34.0. The molecular formula is C73H113F3N8O14. The SMILES string of the molecule is CCC(C)C(C(CC(=O)N1CCCC1C(OC)C(C)C(=O)CC(C)C(O)c1ccccc1)OC)N(C)C(=O)[C@@H](CC(=O)C(C(C)C)N(C)C(=O)OCc1ccc(NC(=O)C(CCCNC(N)=O)CC(=O)C(NC(CCCCCN2C(=O)CC(C)C2=O)C(F)(F)F)C(C)C)cc1)C(C)C. The number of anilines is 1. The van der Waals surface area contributed by atoms with Crippen LogP contribution in [0.2, 0.25) is 0 Å². The van der Waals surface area contributed by atoms with Crippen molar-refractivity contribution in [3.05, 3.63) is 65.7 Å². The van der Waals surface area contributed by atoms with Gasteiger partial charge in [-0.15, -0.1) is 0 Å². The Morgan fingerprint density at radius 3 is 1.96 bits per heavy atom. The number of ether oxygens (including phenoxy) is 3. The van der Waals surface area contributed by atoms with Crippen LogP contribution in [0, 0.1) is 53.3 Å². The summed E-state index contributed by atoms with van der Waals surface area (Å²) >= 11 is 0. The number of aliphatic hydroxyl groups excluding tert-OH is 1. The molecule has 2 saturated heterocycles. The van der Waals surface area contributed by atoms with Gasteiger partial charge in [-0.25, -0.2) is 9.59 Å². The van der Waals surface area contributed by atoms with E-state index in [-0.39, 0.29) is 124 Å². The van der Waals surface area contributed by atoms with Crippen molar-refractivity contribution in [2.45, 2.75) is 227 Å². The summed E-state index contributed by atoms with van der Waals surface area (Å²) in [5.74, 6) is -7.54. The zero-order valence-corrected chi connectivity index (χ0v) is 60.5. The maximum absolute atomic E-state index is 14.9. The Balaban J connectivity index is 1.40. The Bertz CT molecular complexity index is 2940. The number of carbonyl (C=O) groups excluding carboxylic acids is 10. The van der Waals surface area contributed by atoms with Crippen molar-refractivity contribution in [3.8, 4) is 0 Å². The number of Topliss-reactive ketones (excluding diaryl/α,β-unsaturated/α-hetero) is 3. The fraction of sp³-hybridized carbons (Fsp3) is 0.699. The van der Waals surface area contributed by atoms with Crippen LogP contribution in [-0.2, 0) is 59.2 Å². The topological polar surface area (TPSA) is 294 Å². The van der Waals surface area contributed by atoms with E-state index in [1.54, 1.807) is 89.8 Å². The number of hydrogen-bond acceptors (Lipinski definition) is 15. The van der Waals surface area contributed by atoms with Crippen LogP contribution < -0.4 is 21.7 Å². The van der Waals surface area contributed by atoms with Crippen molar-refractivity contribution in [1.29, 1.82) is 0 Å². The summed E-state index contributed by atoms with van der Waals surface area (Å²) in [7, 11) is 6.17. The minimum absolute atomic E-state index is 0.0601. The number of benzene rings is 2. The molecule has 4 rings (SSSR count). The van der Waals surface area contributed by atoms with E-state index in [1.807, 2.05) is 65.0 Å². The predicted molar refractivity (Wildman–Crippen MR) is 366 cm³/mol. The van der Waals surface area contributed by atoms with Gasteiger partial charge in [-0.05, 0) is 91.4 Å². The van der Waals surface area contributed by atoms with Crippen LogP contribution in [0.15, 0.2) is 54.6 Å². The number of carbonyl (C=O) groups is 10. The van der Waals surface area contributed by atoms with Crippen molar-refractivity contribution < 1.29 is 80.4 Å². The number of nitrogens with zero attached hydrogens (tertiary/aromatic N) is 4. The number of alkyl halides is 3. The van der Waals surface area contributed by atoms with E-state index in [0.29, 0.717) is 49.9 Å². The summed E-state index contributed by atoms with van der Waals surface area (Å²) in [6, 6.07) is 9.31. The lowest BCUT2D eigenvalue weighted by atomic mass is 9.83. The first-order valence-corrected chi connectivity index (χ1v) is 35.0. The van der Waals surface area contributed by atoms with Gasteiger partial charge in [0.2, 0.25) is 29.5 Å². The van der Waals surface area contributed by atoms with Crippen LogP contribution in [0.5, 0.6) is 0 Å². The Hall–Kier alpha value is -6.83. The summed E-state index contributed by atoms with van der Waals surface area (Å²) in [5, 5.41) is 18.8. The fourth-order valence-corrected chi connectivity index (χ4v) is 13.8. The van der Waals surface area contributed by atoms with Gasteiger partial charge < -0.3 is 50.4 Å². The minimum Gasteiger partial charge on any atom is -0.445 e. The number of rotatable bonds is 42. The molecule has 2 fully saturated rings. The zero-order chi connectivity index (χ0) is 73.5. The van der Waals surface area contributed by atoms with E-state index in [0.717, 1.165) is 10.5 Å². The van der Waals surface area contributed by atoms with Crippen molar-refractivity contribution >= 4 is 64.7 Å². The zero-order valence-electron chi connectivity index (χ0n) is 60.5. The van der Waals surface area contributed by atoms with Gasteiger partial charge in [0.1, 0.15) is 18.4 Å². The third-order valence-corrected chi connectivity index (χ3v) is 19.8. The molecule has 22 nitrogen and oxygen atoms in total. The smallest absolute Gasteiger partial charge is 0.410 e. The molecule has 6 N–H and O–H groups in total. The molecule has 0 aliphatic carbocycles. The standard InChI is InChI=1S/C73H113F3N8O14/c1-16-46(8)65(59(96-14)41-62(89)83-36-24-28-55(83)67(97-15)49(11)56(85)37-47(9)66(90)51-25-19-17-20-26-51)81(12)70(93)54(43(2)3)40-58(87)64(45(6)7)82(13)72(95)98-42-50-30-32-53(33-31-50)79-68(91)52(27-23-34-78-71(77)94)39-57(86)63(44(4)5)80-60(73(74,75)76)29-21-18-22-35-84-61(88)38-48(10)69(84)92/h17,19-20,25-26,30-33,43-49,52,54-55,59-60,63-67,80,90H,16,18,21-24,27-29,34-42H2,1-15H3,(H,79,91)(H3,77,78,94)/t46?,47?,48?,49?,52?,54-,55?,59?,60?,63?,64?,65?,66?,67?/m0/s1. The Morgan fingerprint density at radius 1 is 0.755 bits per heavy atom. The number of ketones is 3. The van der Waals surface area contributed by atoms with Crippen molar-refractivity contribution in [2.75, 3.05) is 53.3 Å². The normalized spacial score (nSPS) is 18.8. The number of amides is 8. The molecule has 0 bridgehead atoms. The van der Waals surface area contributed by atoms with Gasteiger partial charge in [-0.1, -0.05) is 138 Å². The third-order valence-electron chi connectivity index (χ3n) is 19.8. The molecule has 13 unspecified atom stereocenters. The lowest BCUT2D eigenvalue weighted by molar-refractivity contribution is -0.161. The van der Waals surface area contributed by atoms with E-state index in [1.165, 1.54) is 19.1 Å². The highest BCUT2D eigenvalue weighted by Crippen LogP contribution is 2.34. The lowest BCUT2D eigenvalue weighted by Crippen LogP contribution is -2.54. The molecule has 98 heavy (non-hydrogen) atoms. The molecule has 2 aliphatic rings. The van der Waals surface area contributed by atoms with Crippen LogP contribution >= 0.6 is 0 Å². The number of nitrogens with two attached hydrogens (primary N) is 1. The molecule has 2 aromatic rings. The van der Waals surface area contributed by atoms with Gasteiger partial charge in [0.25, 0.3) is 0 Å². The second-order valence-corrected chi connectivity index (χ2v) is 28.3. The van der Waals surface area contributed by atoms with E-state index in [2.05, 4.69) is 16.0 Å². The number of halogens is 3. The molecule has 2 aliphatic heterocycles. The van der Waals surface area contributed by atoms with Crippen molar-refractivity contribution in [3.63, 3.8) is 0 Å². The van der Waals surface area contributed by atoms with E-state index >= 15 is 0 Å². The van der Waals surface area contributed by atoms with E-state index < -0.39 is 120 Å². The summed E-state index contributed by atoms with van der Waals surface area (Å²) in [5.41, 5.74) is 6.76. The van der Waals surface area contributed by atoms with Gasteiger partial charge in [-0.3, -0.25) is 48.6 Å². The van der Waals surface area contributed by atoms with Crippen LogP contribution in [0.3, 0.4) is 0 Å². The molecule has 0 aromatic heterocycles. The average Bonchev–Trinajstić information content (AvgIpc) is 1.75. The summed E-state index contributed by atoms with van der Waals surface area (Å²) in [6.45, 7) is 20.1. The first kappa shape index (κ1) is 83.6. The first-order valence-electron chi connectivity index (χ1n) is 35.0. The van der Waals surface area contributed by atoms with Gasteiger partial charge in [0, 0.05) is 103 Å². The Labute approximate surface area is 578 Å². The molecule has 550 valence electrons. The van der Waals surface area contributed by atoms with E-state index in [9.17, 15) is 66.2 Å². The highest BCUT2D eigenvalue weighted by atomic mass is 19.4. The molecule has 25 heteroatoms. The van der Waals surface area contributed by atoms with Crippen molar-refractivity contribution in [1.82, 2.24) is 30.2 Å². The number of urea groups is 1. The largest absolute Gasteiger partial charge is 0.445 e. The van der Waals surface area contributed by atoms with Crippen LogP contribution in [0.1, 0.15) is 183 Å². The number of unbranched alkanes of at least 4 members (excludes halogenated alkanes) is 2. The molecule has 2 aromatic carbocycles. The summed E-state index contributed by atoms with van der Waals surface area (Å²) < 4.78 is 61.4. The third kappa shape index (κ3) is 24.2. The number of likely N-dealkylation sites (N-methyl/N-ethyl adjacent to an activating group) is 2. The molecule has 2 heterocycles. The number of likely N-dealkylation sites (tertiary alicyclic amines) is 2. The first-order chi connectivity index (χ1) is 46.1. The second-order valence-electron chi connectivity index (χ2n) is 28.3. The maximum Gasteiger partial charge on any atom is 0.410 e. The highest BCUT2D eigenvalue weighted by Gasteiger charge is 2.46. The van der Waals surface area contributed by atoms with Crippen molar-refractivity contribution in [2.24, 2.45) is 59.0 Å². The number of imide groups is 1. The van der Waals surface area contributed by atoms with Gasteiger partial charge >= 0.3 is 18.3 Å². The number of nitrogens with one attached hydrogen (secondary N) is 3. The van der Waals surface area contributed by atoms with Gasteiger partial charge in [-0.2, -0.15) is 13.2 Å². The number of aliphatic hydroxyl groups is 1. The lowest BCUT2D eigenvalue weighted by Gasteiger charge is -2.41. The quantitative estimate of drug-likeness (QED) is 0.0305. The highest BCUT2D eigenvalue weighted by molar-refractivity contribution is 6.03. The molecule has 8 amide bonds. The van der Waals surface area contributed by atoms with Crippen LogP contribution in [0.4, 0.5) is 28.4 Å². The molecule has 0 saturated carbocycles. The van der Waals surface area contributed by atoms with Crippen LogP contribution in [-0.4, -0.2) is 180 Å². The predicted octanol–water partition coefficient (Wildman–Crippen LogP) is 10.2. The number of primary amides is 1. The van der Waals surface area contributed by atoms with Gasteiger partial charge in [0.05, 0.1) is 48.9 Å². The molecule has 14 atom stereocenters. The molecule has 0 spiro atoms. The summed E-state index contributed by atoms with van der Waals surface area (Å²) in [6.07, 6.45) is -5.65. The summed E-state index contributed by atoms with van der Waals surface area (Å²) in [4.78, 5) is 141. The van der Waals surface area contributed by atoms with Gasteiger partial charge in [0.15, 0.2) is 11.6 Å². The monoisotopic (exact) mass is 1380 g/mol. The fourth-order valence-electron chi connectivity index (χ4n) is 13.8. The number of methoxy groups -OCH3 is 2. The van der Waals surface area contributed by atoms with Crippen LogP contribution in [0.25, 0.3) is 0 Å². The molecular weight excluding hydrogens is 1270 g/mol. The number of hydrogen-bond donors (Lipinski definition) is 5. The second kappa shape index (κ2) is 39.8. The van der Waals surface area contributed by atoms with E-state index in [4.69, 9.17) is 19.9 Å². The minimum atomic E-state index is -4.73. The molecule has 0 radical (unpaired) electrons. The average molecular weight is 1380 g/mol. The maximum atomic E-state index is 14.9. The Morgan fingerprint density at radius 2 is 1.41 bits per heavy atom.